The van der Waals surface area contributed by atoms with Crippen LogP contribution in [0.2, 0.25) is 0 Å². The van der Waals surface area contributed by atoms with Gasteiger partial charge in [0.05, 0.1) is 0 Å². The van der Waals surface area contributed by atoms with Crippen molar-refractivity contribution < 1.29 is 9.18 Å². The van der Waals surface area contributed by atoms with Gasteiger partial charge in [-0.05, 0) is 30.5 Å². The van der Waals surface area contributed by atoms with Gasteiger partial charge in [-0.25, -0.2) is 9.07 Å². The van der Waals surface area contributed by atoms with E-state index < -0.39 is 17.2 Å². The number of carbonyl (C=O) groups excluding carboxylic acids is 1. The molecule has 0 unspecified atom stereocenters. The summed E-state index contributed by atoms with van der Waals surface area (Å²) in [6, 6.07) is 15.2. The predicted octanol–water partition coefficient (Wildman–Crippen LogP) is 4.57. The number of rotatable bonds is 5. The van der Waals surface area contributed by atoms with Crippen LogP contribution in [0.3, 0.4) is 0 Å². The fourth-order valence-electron chi connectivity index (χ4n) is 3.13. The molecule has 162 valence electrons. The van der Waals surface area contributed by atoms with Crippen LogP contribution in [0.5, 0.6) is 0 Å². The molecule has 1 amide bonds. The molecule has 0 aliphatic carbocycles. The standard InChI is InChI=1S/C23H20FN5O2S/c1-13(2)15-8-10-16(11-9-15)22-26-27-23(32-22)25-21(31)20-19(30)12-14(3)29(28-20)18-7-5-4-6-17(18)24/h4-13H,1-3H3,(H,25,27,31). The van der Waals surface area contributed by atoms with Crippen molar-refractivity contribution >= 4 is 22.4 Å². The average molecular weight is 450 g/mol. The molecule has 0 fully saturated rings. The van der Waals surface area contributed by atoms with Gasteiger partial charge in [-0.15, -0.1) is 10.2 Å². The molecule has 0 atom stereocenters. The highest BCUT2D eigenvalue weighted by Crippen LogP contribution is 2.28. The molecule has 0 saturated heterocycles. The van der Waals surface area contributed by atoms with E-state index in [0.29, 0.717) is 16.6 Å². The maximum absolute atomic E-state index is 14.2. The topological polar surface area (TPSA) is 89.8 Å². The van der Waals surface area contributed by atoms with E-state index in [1.807, 2.05) is 24.3 Å². The van der Waals surface area contributed by atoms with Gasteiger partial charge < -0.3 is 0 Å². The van der Waals surface area contributed by atoms with Gasteiger partial charge in [0, 0.05) is 17.3 Å². The van der Waals surface area contributed by atoms with E-state index in [0.717, 1.165) is 5.56 Å². The third-order valence-electron chi connectivity index (χ3n) is 4.87. The van der Waals surface area contributed by atoms with Crippen LogP contribution in [0.25, 0.3) is 16.3 Å². The van der Waals surface area contributed by atoms with Crippen LogP contribution in [-0.2, 0) is 0 Å². The molecule has 2 aromatic carbocycles. The molecular formula is C23H20FN5O2S. The minimum absolute atomic E-state index is 0.141. The number of aromatic nitrogens is 4. The number of para-hydroxylation sites is 1. The molecule has 7 nitrogen and oxygen atoms in total. The summed E-state index contributed by atoms with van der Waals surface area (Å²) < 4.78 is 15.4. The van der Waals surface area contributed by atoms with E-state index in [-0.39, 0.29) is 16.5 Å². The first-order valence-corrected chi connectivity index (χ1v) is 10.8. The Bertz CT molecular complexity index is 1350. The maximum Gasteiger partial charge on any atom is 0.282 e. The normalized spacial score (nSPS) is 11.0. The molecular weight excluding hydrogens is 429 g/mol. The number of carbonyl (C=O) groups is 1. The predicted molar refractivity (Wildman–Crippen MR) is 122 cm³/mol. The summed E-state index contributed by atoms with van der Waals surface area (Å²) >= 11 is 1.18. The molecule has 0 bridgehead atoms. The van der Waals surface area contributed by atoms with Gasteiger partial charge in [0.25, 0.3) is 5.91 Å². The van der Waals surface area contributed by atoms with Crippen molar-refractivity contribution in [1.29, 1.82) is 0 Å². The monoisotopic (exact) mass is 449 g/mol. The van der Waals surface area contributed by atoms with E-state index in [1.54, 1.807) is 19.1 Å². The van der Waals surface area contributed by atoms with Crippen LogP contribution >= 0.6 is 11.3 Å². The molecule has 2 heterocycles. The van der Waals surface area contributed by atoms with Gasteiger partial charge in [-0.2, -0.15) is 5.10 Å². The highest BCUT2D eigenvalue weighted by Gasteiger charge is 2.18. The largest absolute Gasteiger partial charge is 0.295 e. The van der Waals surface area contributed by atoms with Crippen molar-refractivity contribution in [1.82, 2.24) is 20.0 Å². The van der Waals surface area contributed by atoms with Crippen molar-refractivity contribution in [2.24, 2.45) is 0 Å². The van der Waals surface area contributed by atoms with Crippen LogP contribution in [0, 0.1) is 12.7 Å². The molecule has 4 aromatic rings. The number of hydrogen-bond donors (Lipinski definition) is 1. The Morgan fingerprint density at radius 3 is 2.50 bits per heavy atom. The van der Waals surface area contributed by atoms with E-state index in [9.17, 15) is 14.0 Å². The van der Waals surface area contributed by atoms with Gasteiger partial charge in [-0.3, -0.25) is 14.9 Å². The van der Waals surface area contributed by atoms with Crippen LogP contribution in [0.1, 0.15) is 41.5 Å². The summed E-state index contributed by atoms with van der Waals surface area (Å²) in [7, 11) is 0. The highest BCUT2D eigenvalue weighted by molar-refractivity contribution is 7.18. The van der Waals surface area contributed by atoms with E-state index in [2.05, 4.69) is 34.5 Å². The van der Waals surface area contributed by atoms with Crippen molar-refractivity contribution in [2.45, 2.75) is 26.7 Å². The van der Waals surface area contributed by atoms with Gasteiger partial charge in [0.1, 0.15) is 16.5 Å². The molecule has 0 radical (unpaired) electrons. The zero-order chi connectivity index (χ0) is 22.8. The summed E-state index contributed by atoms with van der Waals surface area (Å²) in [6.07, 6.45) is 0. The summed E-state index contributed by atoms with van der Waals surface area (Å²) in [5.74, 6) is -0.836. The number of benzene rings is 2. The lowest BCUT2D eigenvalue weighted by molar-refractivity contribution is 0.101. The molecule has 0 spiro atoms. The Morgan fingerprint density at radius 1 is 1.09 bits per heavy atom. The number of hydrogen-bond acceptors (Lipinski definition) is 6. The summed E-state index contributed by atoms with van der Waals surface area (Å²) in [5.41, 5.74) is 1.70. The number of halogens is 1. The second kappa shape index (κ2) is 8.80. The zero-order valence-corrected chi connectivity index (χ0v) is 18.5. The zero-order valence-electron chi connectivity index (χ0n) is 17.7. The van der Waals surface area contributed by atoms with Crippen LogP contribution in [0.4, 0.5) is 9.52 Å². The van der Waals surface area contributed by atoms with Crippen molar-refractivity contribution in [3.8, 4) is 16.3 Å². The first-order valence-electron chi connectivity index (χ1n) is 9.94. The molecule has 2 aromatic heterocycles. The van der Waals surface area contributed by atoms with Crippen molar-refractivity contribution in [2.75, 3.05) is 5.32 Å². The maximum atomic E-state index is 14.2. The van der Waals surface area contributed by atoms with E-state index >= 15 is 0 Å². The molecule has 0 aliphatic rings. The number of aryl methyl sites for hydroxylation is 1. The minimum atomic E-state index is -0.738. The lowest BCUT2D eigenvalue weighted by Gasteiger charge is -2.11. The van der Waals surface area contributed by atoms with Crippen LogP contribution in [-0.4, -0.2) is 25.9 Å². The molecule has 32 heavy (non-hydrogen) atoms. The Hall–Kier alpha value is -3.72. The lowest BCUT2D eigenvalue weighted by atomic mass is 10.0. The second-order valence-electron chi connectivity index (χ2n) is 7.50. The molecule has 9 heteroatoms. The number of anilines is 1. The highest BCUT2D eigenvalue weighted by atomic mass is 32.1. The van der Waals surface area contributed by atoms with Crippen LogP contribution < -0.4 is 10.7 Å². The SMILES string of the molecule is Cc1cc(=O)c(C(=O)Nc2nnc(-c3ccc(C(C)C)cc3)s2)nn1-c1ccccc1F. The molecule has 0 saturated carbocycles. The minimum Gasteiger partial charge on any atom is -0.295 e. The quantitative estimate of drug-likeness (QED) is 0.482. The Morgan fingerprint density at radius 2 is 1.81 bits per heavy atom. The van der Waals surface area contributed by atoms with E-state index in [4.69, 9.17) is 0 Å². The lowest BCUT2D eigenvalue weighted by Crippen LogP contribution is -2.27. The Balaban J connectivity index is 1.59. The van der Waals surface area contributed by atoms with Gasteiger partial charge in [0.2, 0.25) is 10.6 Å². The smallest absolute Gasteiger partial charge is 0.282 e. The van der Waals surface area contributed by atoms with Crippen molar-refractivity contribution in [3.63, 3.8) is 0 Å². The average Bonchev–Trinajstić information content (AvgIpc) is 3.23. The summed E-state index contributed by atoms with van der Waals surface area (Å²) in [4.78, 5) is 25.1. The summed E-state index contributed by atoms with van der Waals surface area (Å²) in [5, 5.41) is 15.7. The fourth-order valence-corrected chi connectivity index (χ4v) is 3.87. The van der Waals surface area contributed by atoms with E-state index in [1.165, 1.54) is 39.8 Å². The van der Waals surface area contributed by atoms with Gasteiger partial charge >= 0.3 is 0 Å². The van der Waals surface area contributed by atoms with Gasteiger partial charge in [0.15, 0.2) is 5.69 Å². The molecule has 4 rings (SSSR count). The molecule has 0 aliphatic heterocycles. The molecule has 1 N–H and O–H groups in total. The summed E-state index contributed by atoms with van der Waals surface area (Å²) in [6.45, 7) is 5.85. The number of nitrogens with zero attached hydrogens (tertiary/aromatic N) is 4. The first kappa shape index (κ1) is 21.5. The van der Waals surface area contributed by atoms with Crippen molar-refractivity contribution in [3.05, 3.63) is 87.6 Å². The first-order chi connectivity index (χ1) is 15.3. The third kappa shape index (κ3) is 4.33. The second-order valence-corrected chi connectivity index (χ2v) is 8.48. The number of amides is 1. The van der Waals surface area contributed by atoms with Crippen LogP contribution in [0.15, 0.2) is 59.4 Å². The Labute approximate surface area is 187 Å². The number of nitrogens with one attached hydrogen (secondary N) is 1. The Kier molecular flexibility index (Phi) is 5.91. The third-order valence-corrected chi connectivity index (χ3v) is 5.76. The van der Waals surface area contributed by atoms with Gasteiger partial charge in [-0.1, -0.05) is 61.6 Å². The fraction of sp³-hybridized carbons (Fsp3) is 0.174.